The van der Waals surface area contributed by atoms with Gasteiger partial charge in [0, 0.05) is 11.7 Å². The van der Waals surface area contributed by atoms with Crippen LogP contribution in [0.1, 0.15) is 32.6 Å². The normalized spacial score (nSPS) is 12.5. The van der Waals surface area contributed by atoms with Crippen LogP contribution < -0.4 is 0 Å². The fourth-order valence-electron chi connectivity index (χ4n) is 0.920. The molecule has 10 heavy (non-hydrogen) atoms. The molecule has 1 atom stereocenters. The molecule has 0 aromatic rings. The molecule has 0 aliphatic carbocycles. The van der Waals surface area contributed by atoms with Crippen LogP contribution in [0, 0.1) is 12.3 Å². The molecular weight excluding hydrogens is 140 g/mol. The first-order valence-corrected chi connectivity index (χ1v) is 5.10. The van der Waals surface area contributed by atoms with Gasteiger partial charge in [0.25, 0.3) is 0 Å². The zero-order chi connectivity index (χ0) is 7.82. The summed E-state index contributed by atoms with van der Waals surface area (Å²) in [5.41, 5.74) is 0. The maximum absolute atomic E-state index is 5.14. The van der Waals surface area contributed by atoms with Crippen LogP contribution in [0.4, 0.5) is 0 Å². The lowest BCUT2D eigenvalue weighted by Gasteiger charge is -2.09. The van der Waals surface area contributed by atoms with E-state index in [4.69, 9.17) is 6.42 Å². The van der Waals surface area contributed by atoms with Crippen molar-refractivity contribution in [2.24, 2.45) is 0 Å². The van der Waals surface area contributed by atoms with Gasteiger partial charge in [0.05, 0.1) is 0 Å². The molecule has 0 radical (unpaired) electrons. The molecule has 1 heteroatoms. The Bertz CT molecular complexity index is 97.8. The van der Waals surface area contributed by atoms with Gasteiger partial charge in [-0.1, -0.05) is 6.92 Å². The Labute approximate surface area is 68.8 Å². The Hall–Kier alpha value is -0.0900. The van der Waals surface area contributed by atoms with E-state index in [-0.39, 0.29) is 0 Å². The van der Waals surface area contributed by atoms with Gasteiger partial charge in [-0.05, 0) is 25.5 Å². The van der Waals surface area contributed by atoms with Gasteiger partial charge in [0.15, 0.2) is 0 Å². The van der Waals surface area contributed by atoms with E-state index in [0.717, 1.165) is 11.7 Å². The van der Waals surface area contributed by atoms with Gasteiger partial charge in [-0.15, -0.1) is 12.3 Å². The van der Waals surface area contributed by atoms with E-state index in [1.54, 1.807) is 0 Å². The van der Waals surface area contributed by atoms with Crippen LogP contribution in [0.2, 0.25) is 0 Å². The third-order valence-corrected chi connectivity index (χ3v) is 2.87. The van der Waals surface area contributed by atoms with Crippen LogP contribution in [-0.4, -0.2) is 11.5 Å². The van der Waals surface area contributed by atoms with Crippen LogP contribution in [0.15, 0.2) is 0 Å². The summed E-state index contributed by atoms with van der Waals surface area (Å²) in [5, 5.41) is 0.827. The van der Waals surface area contributed by atoms with Gasteiger partial charge in [-0.3, -0.25) is 0 Å². The molecule has 0 aliphatic rings. The first kappa shape index (κ1) is 9.91. The average molecular weight is 156 g/mol. The smallest absolute Gasteiger partial charge is 0.00864 e. The van der Waals surface area contributed by atoms with E-state index in [9.17, 15) is 0 Å². The molecule has 1 unspecified atom stereocenters. The molecule has 0 aliphatic heterocycles. The molecule has 0 bridgehead atoms. The van der Waals surface area contributed by atoms with Crippen molar-refractivity contribution in [1.82, 2.24) is 0 Å². The number of hydrogen-bond donors (Lipinski definition) is 0. The summed E-state index contributed by atoms with van der Waals surface area (Å²) in [7, 11) is 0. The molecule has 0 aromatic carbocycles. The van der Waals surface area contributed by atoms with E-state index < -0.39 is 0 Å². The van der Waals surface area contributed by atoms with E-state index >= 15 is 0 Å². The lowest BCUT2D eigenvalue weighted by Crippen LogP contribution is -1.98. The Morgan fingerprint density at radius 3 is 2.70 bits per heavy atom. The second kappa shape index (κ2) is 7.02. The van der Waals surface area contributed by atoms with Gasteiger partial charge in [-0.2, -0.15) is 11.8 Å². The molecule has 0 aromatic heterocycles. The molecule has 0 fully saturated rings. The molecule has 0 saturated heterocycles. The van der Waals surface area contributed by atoms with Crippen molar-refractivity contribution < 1.29 is 0 Å². The van der Waals surface area contributed by atoms with Crippen molar-refractivity contribution in [2.45, 2.75) is 37.9 Å². The van der Waals surface area contributed by atoms with Crippen molar-refractivity contribution in [3.63, 3.8) is 0 Å². The number of hydrogen-bond acceptors (Lipinski definition) is 1. The number of thioether (sulfide) groups is 1. The second-order valence-corrected chi connectivity index (χ2v) is 3.50. The maximum atomic E-state index is 5.14. The molecule has 0 saturated carbocycles. The highest BCUT2D eigenvalue weighted by molar-refractivity contribution is 7.99. The molecule has 0 amide bonds. The van der Waals surface area contributed by atoms with Crippen LogP contribution in [0.3, 0.4) is 0 Å². The minimum atomic E-state index is 0.827. The summed E-state index contributed by atoms with van der Waals surface area (Å²) < 4.78 is 0. The highest BCUT2D eigenvalue weighted by Gasteiger charge is 2.01. The minimum Gasteiger partial charge on any atom is -0.162 e. The van der Waals surface area contributed by atoms with Crippen molar-refractivity contribution in [3.8, 4) is 12.3 Å². The predicted molar refractivity (Wildman–Crippen MR) is 50.3 cm³/mol. The topological polar surface area (TPSA) is 0 Å². The van der Waals surface area contributed by atoms with Crippen molar-refractivity contribution in [2.75, 3.05) is 6.26 Å². The van der Waals surface area contributed by atoms with E-state index in [1.165, 1.54) is 19.3 Å². The number of unbranched alkanes of at least 4 members (excludes halogenated alkanes) is 1. The maximum Gasteiger partial charge on any atom is 0.00864 e. The lowest BCUT2D eigenvalue weighted by atomic mass is 10.1. The van der Waals surface area contributed by atoms with E-state index in [2.05, 4.69) is 19.1 Å². The lowest BCUT2D eigenvalue weighted by molar-refractivity contribution is 0.697. The molecule has 0 N–H and O–H groups in total. The van der Waals surface area contributed by atoms with Crippen molar-refractivity contribution >= 4 is 11.8 Å². The first-order chi connectivity index (χ1) is 4.85. The van der Waals surface area contributed by atoms with Gasteiger partial charge >= 0.3 is 0 Å². The van der Waals surface area contributed by atoms with Crippen LogP contribution in [0.5, 0.6) is 0 Å². The monoisotopic (exact) mass is 156 g/mol. The fourth-order valence-corrected chi connectivity index (χ4v) is 1.66. The largest absolute Gasteiger partial charge is 0.162 e. The fraction of sp³-hybridized carbons (Fsp3) is 0.778. The van der Waals surface area contributed by atoms with E-state index in [0.29, 0.717) is 0 Å². The van der Waals surface area contributed by atoms with Crippen LogP contribution in [-0.2, 0) is 0 Å². The summed E-state index contributed by atoms with van der Waals surface area (Å²) >= 11 is 1.95. The Kier molecular flexibility index (Phi) is 6.96. The highest BCUT2D eigenvalue weighted by Crippen LogP contribution is 2.16. The standard InChI is InChI=1S/C9H16S/c1-4-6-7-8-9(5-2)10-3/h1,9H,5-8H2,2-3H3. The van der Waals surface area contributed by atoms with Crippen molar-refractivity contribution in [3.05, 3.63) is 0 Å². The molecular formula is C9H16S. The summed E-state index contributed by atoms with van der Waals surface area (Å²) in [5.74, 6) is 2.66. The number of rotatable bonds is 5. The van der Waals surface area contributed by atoms with Gasteiger partial charge < -0.3 is 0 Å². The molecule has 0 heterocycles. The van der Waals surface area contributed by atoms with Gasteiger partial charge in [-0.25, -0.2) is 0 Å². The average Bonchev–Trinajstić information content (AvgIpc) is 1.99. The highest BCUT2D eigenvalue weighted by atomic mass is 32.2. The van der Waals surface area contributed by atoms with Crippen molar-refractivity contribution in [1.29, 1.82) is 0 Å². The third-order valence-electron chi connectivity index (χ3n) is 1.64. The summed E-state index contributed by atoms with van der Waals surface area (Å²) in [6.07, 6.45) is 12.0. The van der Waals surface area contributed by atoms with E-state index in [1.807, 2.05) is 11.8 Å². The van der Waals surface area contributed by atoms with Crippen LogP contribution in [0.25, 0.3) is 0 Å². The van der Waals surface area contributed by atoms with Crippen LogP contribution >= 0.6 is 11.8 Å². The minimum absolute atomic E-state index is 0.827. The quantitative estimate of drug-likeness (QED) is 0.435. The molecule has 0 rings (SSSR count). The summed E-state index contributed by atoms with van der Waals surface area (Å²) in [4.78, 5) is 0. The molecule has 0 nitrogen and oxygen atoms in total. The Morgan fingerprint density at radius 2 is 2.30 bits per heavy atom. The molecule has 0 spiro atoms. The Morgan fingerprint density at radius 1 is 1.60 bits per heavy atom. The summed E-state index contributed by atoms with van der Waals surface area (Å²) in [6.45, 7) is 2.23. The summed E-state index contributed by atoms with van der Waals surface area (Å²) in [6, 6.07) is 0. The second-order valence-electron chi connectivity index (χ2n) is 2.36. The van der Waals surface area contributed by atoms with Gasteiger partial charge in [0.1, 0.15) is 0 Å². The molecule has 58 valence electrons. The zero-order valence-electron chi connectivity index (χ0n) is 6.89. The third kappa shape index (κ3) is 4.76. The first-order valence-electron chi connectivity index (χ1n) is 3.81. The predicted octanol–water partition coefficient (Wildman–Crippen LogP) is 2.93. The Balaban J connectivity index is 3.19. The number of terminal acetylenes is 1. The zero-order valence-corrected chi connectivity index (χ0v) is 7.71. The SMILES string of the molecule is C#CCCCC(CC)SC. The van der Waals surface area contributed by atoms with Gasteiger partial charge in [0.2, 0.25) is 0 Å².